The molecular formula is C20H23ClF2O4. The lowest BCUT2D eigenvalue weighted by atomic mass is 9.95. The van der Waals surface area contributed by atoms with Gasteiger partial charge in [0.25, 0.3) is 0 Å². The van der Waals surface area contributed by atoms with E-state index in [1.54, 1.807) is 20.8 Å². The van der Waals surface area contributed by atoms with Gasteiger partial charge >= 0.3 is 0 Å². The molecule has 2 aromatic rings. The van der Waals surface area contributed by atoms with E-state index in [1.165, 1.54) is 24.3 Å². The van der Waals surface area contributed by atoms with Crippen molar-refractivity contribution in [3.05, 3.63) is 57.6 Å². The van der Waals surface area contributed by atoms with Gasteiger partial charge in [-0.15, -0.1) is 0 Å². The zero-order valence-electron chi connectivity index (χ0n) is 15.4. The van der Waals surface area contributed by atoms with E-state index in [4.69, 9.17) is 21.1 Å². The molecule has 0 saturated carbocycles. The van der Waals surface area contributed by atoms with Gasteiger partial charge in [0, 0.05) is 29.7 Å². The average Bonchev–Trinajstić information content (AvgIpc) is 2.59. The summed E-state index contributed by atoms with van der Waals surface area (Å²) in [5.41, 5.74) is 0.901. The van der Waals surface area contributed by atoms with Crippen LogP contribution in [0.5, 0.6) is 11.5 Å². The largest absolute Gasteiger partial charge is 0.508 e. The zero-order chi connectivity index (χ0) is 20.1. The molecule has 4 nitrogen and oxygen atoms in total. The summed E-state index contributed by atoms with van der Waals surface area (Å²) in [4.78, 5) is 0. The van der Waals surface area contributed by atoms with E-state index < -0.39 is 17.9 Å². The van der Waals surface area contributed by atoms with E-state index in [1.807, 2.05) is 0 Å². The molecule has 27 heavy (non-hydrogen) atoms. The first kappa shape index (κ1) is 21.4. The van der Waals surface area contributed by atoms with Gasteiger partial charge in [-0.25, -0.2) is 8.78 Å². The molecule has 0 radical (unpaired) electrons. The fourth-order valence-electron chi connectivity index (χ4n) is 2.74. The number of ether oxygens (including phenoxy) is 2. The van der Waals surface area contributed by atoms with E-state index >= 15 is 0 Å². The molecule has 0 heterocycles. The Bertz CT molecular complexity index is 796. The predicted octanol–water partition coefficient (Wildman–Crippen LogP) is 4.77. The number of aliphatic hydroxyl groups excluding tert-OH is 1. The number of hydrogen-bond donors (Lipinski definition) is 2. The second-order valence-electron chi connectivity index (χ2n) is 6.40. The number of rotatable bonds is 8. The molecule has 148 valence electrons. The van der Waals surface area contributed by atoms with Crippen LogP contribution < -0.4 is 4.74 Å². The van der Waals surface area contributed by atoms with Gasteiger partial charge in [-0.2, -0.15) is 0 Å². The second kappa shape index (κ2) is 9.35. The van der Waals surface area contributed by atoms with Crippen molar-refractivity contribution in [1.82, 2.24) is 0 Å². The topological polar surface area (TPSA) is 58.9 Å². The van der Waals surface area contributed by atoms with E-state index in [9.17, 15) is 19.0 Å². The van der Waals surface area contributed by atoms with Crippen molar-refractivity contribution in [2.75, 3.05) is 13.2 Å². The average molecular weight is 401 g/mol. The molecule has 0 aliphatic rings. The summed E-state index contributed by atoms with van der Waals surface area (Å²) in [6.45, 7) is 5.31. The maximum Gasteiger partial charge on any atom is 0.189 e. The van der Waals surface area contributed by atoms with Crippen LogP contribution in [-0.4, -0.2) is 29.7 Å². The van der Waals surface area contributed by atoms with Crippen LogP contribution in [0.25, 0.3) is 0 Å². The van der Waals surface area contributed by atoms with Crippen molar-refractivity contribution in [1.29, 1.82) is 0 Å². The van der Waals surface area contributed by atoms with Gasteiger partial charge in [0.05, 0.1) is 0 Å². The van der Waals surface area contributed by atoms with Gasteiger partial charge in [-0.3, -0.25) is 0 Å². The molecule has 0 amide bonds. The van der Waals surface area contributed by atoms with Crippen molar-refractivity contribution in [3.63, 3.8) is 0 Å². The molecule has 2 N–H and O–H groups in total. The van der Waals surface area contributed by atoms with Crippen LogP contribution in [0.1, 0.15) is 43.4 Å². The maximum absolute atomic E-state index is 14.7. The Morgan fingerprint density at radius 3 is 2.48 bits per heavy atom. The first-order chi connectivity index (χ1) is 12.7. The molecule has 0 aromatic heterocycles. The Kier molecular flexibility index (Phi) is 7.41. The van der Waals surface area contributed by atoms with E-state index in [0.29, 0.717) is 17.7 Å². The number of aliphatic hydroxyl groups is 1. The fraction of sp³-hybridized carbons (Fsp3) is 0.400. The predicted molar refractivity (Wildman–Crippen MR) is 99.5 cm³/mol. The fourth-order valence-corrected chi connectivity index (χ4v) is 2.96. The molecule has 0 fully saturated rings. The Morgan fingerprint density at radius 2 is 1.85 bits per heavy atom. The van der Waals surface area contributed by atoms with Crippen molar-refractivity contribution in [2.24, 2.45) is 0 Å². The van der Waals surface area contributed by atoms with E-state index in [0.717, 1.165) is 0 Å². The standard InChI is InChI=1S/C20H23ClF2O4/c1-4-26-18(25)10-27-17-9-14(21)13(8-15(17)22)7-12-5-6-16(24)19(11(2)3)20(12)23/h5-6,8-9,11,18,24-25H,4,7,10H2,1-3H3. The van der Waals surface area contributed by atoms with Gasteiger partial charge in [-0.05, 0) is 36.1 Å². The highest BCUT2D eigenvalue weighted by Crippen LogP contribution is 2.33. The number of phenolic OH excluding ortho intramolecular Hbond substituents is 1. The molecule has 0 spiro atoms. The Hall–Kier alpha value is -1.89. The second-order valence-corrected chi connectivity index (χ2v) is 6.81. The first-order valence-electron chi connectivity index (χ1n) is 8.65. The highest BCUT2D eigenvalue weighted by atomic mass is 35.5. The molecule has 0 aliphatic heterocycles. The van der Waals surface area contributed by atoms with Crippen LogP contribution in [0, 0.1) is 11.6 Å². The van der Waals surface area contributed by atoms with Crippen molar-refractivity contribution in [3.8, 4) is 11.5 Å². The summed E-state index contributed by atoms with van der Waals surface area (Å²) in [5, 5.41) is 19.5. The molecule has 0 aliphatic carbocycles. The third-order valence-corrected chi connectivity index (χ3v) is 4.39. The van der Waals surface area contributed by atoms with Crippen LogP contribution in [0.2, 0.25) is 5.02 Å². The highest BCUT2D eigenvalue weighted by molar-refractivity contribution is 6.31. The quantitative estimate of drug-likeness (QED) is 0.626. The summed E-state index contributed by atoms with van der Waals surface area (Å²) in [7, 11) is 0. The van der Waals surface area contributed by atoms with Crippen LogP contribution in [-0.2, 0) is 11.2 Å². The Labute approximate surface area is 162 Å². The van der Waals surface area contributed by atoms with Crippen molar-refractivity contribution in [2.45, 2.75) is 39.4 Å². The van der Waals surface area contributed by atoms with E-state index in [2.05, 4.69) is 0 Å². The minimum Gasteiger partial charge on any atom is -0.508 e. The van der Waals surface area contributed by atoms with Crippen LogP contribution >= 0.6 is 11.6 Å². The van der Waals surface area contributed by atoms with Crippen molar-refractivity contribution < 1.29 is 28.5 Å². The van der Waals surface area contributed by atoms with Crippen LogP contribution in [0.3, 0.4) is 0 Å². The summed E-state index contributed by atoms with van der Waals surface area (Å²) in [5.74, 6) is -1.65. The molecular weight excluding hydrogens is 378 g/mol. The van der Waals surface area contributed by atoms with Crippen molar-refractivity contribution >= 4 is 11.6 Å². The molecule has 1 unspecified atom stereocenters. The third-order valence-electron chi connectivity index (χ3n) is 4.04. The highest BCUT2D eigenvalue weighted by Gasteiger charge is 2.18. The molecule has 7 heteroatoms. The monoisotopic (exact) mass is 400 g/mol. The van der Waals surface area contributed by atoms with Crippen LogP contribution in [0.4, 0.5) is 8.78 Å². The number of aromatic hydroxyl groups is 1. The van der Waals surface area contributed by atoms with Gasteiger partial charge < -0.3 is 19.7 Å². The Morgan fingerprint density at radius 1 is 1.15 bits per heavy atom. The zero-order valence-corrected chi connectivity index (χ0v) is 16.2. The van der Waals surface area contributed by atoms with Gasteiger partial charge in [0.1, 0.15) is 18.2 Å². The number of hydrogen-bond acceptors (Lipinski definition) is 4. The first-order valence-corrected chi connectivity index (χ1v) is 9.03. The number of benzene rings is 2. The van der Waals surface area contributed by atoms with E-state index in [-0.39, 0.29) is 41.0 Å². The van der Waals surface area contributed by atoms with Gasteiger partial charge in [0.2, 0.25) is 0 Å². The number of halogens is 3. The third kappa shape index (κ3) is 5.31. The number of phenols is 1. The lowest BCUT2D eigenvalue weighted by molar-refractivity contribution is -0.115. The molecule has 0 saturated heterocycles. The lowest BCUT2D eigenvalue weighted by Crippen LogP contribution is -2.21. The summed E-state index contributed by atoms with van der Waals surface area (Å²) in [6.07, 6.45) is -1.11. The summed E-state index contributed by atoms with van der Waals surface area (Å²) >= 11 is 6.20. The summed E-state index contributed by atoms with van der Waals surface area (Å²) in [6, 6.07) is 5.33. The normalized spacial score (nSPS) is 12.4. The summed E-state index contributed by atoms with van der Waals surface area (Å²) < 4.78 is 39.1. The molecule has 2 rings (SSSR count). The smallest absolute Gasteiger partial charge is 0.189 e. The maximum atomic E-state index is 14.7. The SMILES string of the molecule is CCOC(O)COc1cc(Cl)c(Cc2ccc(O)c(C(C)C)c2F)cc1F. The minimum atomic E-state index is -1.17. The lowest BCUT2D eigenvalue weighted by Gasteiger charge is -2.15. The minimum absolute atomic E-state index is 0.0590. The Balaban J connectivity index is 2.23. The molecule has 0 bridgehead atoms. The molecule has 1 atom stereocenters. The van der Waals surface area contributed by atoms with Crippen LogP contribution in [0.15, 0.2) is 24.3 Å². The van der Waals surface area contributed by atoms with Gasteiger partial charge in [-0.1, -0.05) is 31.5 Å². The molecule has 2 aromatic carbocycles. The van der Waals surface area contributed by atoms with Gasteiger partial charge in [0.15, 0.2) is 17.9 Å².